The van der Waals surface area contributed by atoms with Crippen LogP contribution < -0.4 is 68.9 Å². The van der Waals surface area contributed by atoms with Crippen molar-refractivity contribution < 1.29 is 82.7 Å². The molecule has 1 atom stereocenters. The zero-order chi connectivity index (χ0) is 9.61. The molecule has 0 bridgehead atoms. The molecule has 0 heterocycles. The number of hydrogen-bond donors (Lipinski definition) is 0. The van der Waals surface area contributed by atoms with Crippen molar-refractivity contribution in [2.24, 2.45) is 0 Å². The first-order chi connectivity index (χ1) is 5.45. The Labute approximate surface area is 129 Å². The molecule has 0 aliphatic heterocycles. The van der Waals surface area contributed by atoms with Crippen LogP contribution in [-0.4, -0.2) is 12.9 Å². The number of phosphoric ester groups is 1. The summed E-state index contributed by atoms with van der Waals surface area (Å²) in [6.07, 6.45) is 0.784. The second-order valence-electron chi connectivity index (χ2n) is 2.34. The molecule has 0 spiro atoms. The summed E-state index contributed by atoms with van der Waals surface area (Å²) in [6, 6.07) is 0. The molecule has 0 rings (SSSR count). The van der Waals surface area contributed by atoms with Crippen molar-refractivity contribution in [3.8, 4) is 0 Å². The van der Waals surface area contributed by atoms with Gasteiger partial charge < -0.3 is 23.6 Å². The Balaban J connectivity index is -0.000000605. The average Bonchev–Trinajstić information content (AvgIpc) is 1.84. The average molecular weight is 242 g/mol. The Kier molecular flexibility index (Phi) is 17.6. The summed E-state index contributed by atoms with van der Waals surface area (Å²) < 4.78 is 18.9. The van der Waals surface area contributed by atoms with E-state index in [9.17, 15) is 14.4 Å². The van der Waals surface area contributed by atoms with Crippen LogP contribution in [0.5, 0.6) is 0 Å². The van der Waals surface area contributed by atoms with Gasteiger partial charge in [0.2, 0.25) is 0 Å². The fourth-order valence-corrected chi connectivity index (χ4v) is 1.03. The number of phosphoric acid groups is 1. The van der Waals surface area contributed by atoms with Crippen molar-refractivity contribution >= 4 is 7.82 Å². The summed E-state index contributed by atoms with van der Waals surface area (Å²) in [4.78, 5) is 20.1. The van der Waals surface area contributed by atoms with Crippen molar-refractivity contribution in [1.29, 1.82) is 0 Å². The summed E-state index contributed by atoms with van der Waals surface area (Å²) in [5, 5.41) is 0. The van der Waals surface area contributed by atoms with E-state index < -0.39 is 14.1 Å². The van der Waals surface area contributed by atoms with Crippen LogP contribution in [0.4, 0.5) is 0 Å². The van der Waals surface area contributed by atoms with E-state index in [1.165, 1.54) is 6.92 Å². The zero-order valence-corrected chi connectivity index (χ0v) is 14.1. The molecule has 1 unspecified atom stereocenters. The molecule has 0 aromatic heterocycles. The van der Waals surface area contributed by atoms with Gasteiger partial charge in [-0.1, -0.05) is 13.3 Å². The van der Waals surface area contributed by atoms with E-state index >= 15 is 0 Å². The van der Waals surface area contributed by atoms with Crippen LogP contribution in [0.3, 0.4) is 0 Å². The predicted octanol–water partition coefficient (Wildman–Crippen LogP) is -6.00. The molecular weight excluding hydrogens is 229 g/mol. The van der Waals surface area contributed by atoms with Gasteiger partial charge in [-0.25, -0.2) is 0 Å². The van der Waals surface area contributed by atoms with E-state index in [1.54, 1.807) is 0 Å². The normalized spacial score (nSPS) is 12.6. The first kappa shape index (κ1) is 21.4. The molecule has 0 N–H and O–H groups in total. The van der Waals surface area contributed by atoms with E-state index in [4.69, 9.17) is 4.74 Å². The summed E-state index contributed by atoms with van der Waals surface area (Å²) in [6.45, 7) is 3.75. The van der Waals surface area contributed by atoms with Gasteiger partial charge in [0, 0.05) is 6.61 Å². The van der Waals surface area contributed by atoms with Crippen LogP contribution in [0.1, 0.15) is 26.7 Å². The van der Waals surface area contributed by atoms with E-state index in [1.807, 2.05) is 6.92 Å². The van der Waals surface area contributed by atoms with Crippen molar-refractivity contribution in [2.75, 3.05) is 6.61 Å². The van der Waals surface area contributed by atoms with Crippen LogP contribution in [-0.2, 0) is 13.8 Å². The van der Waals surface area contributed by atoms with Gasteiger partial charge >= 0.3 is 59.1 Å². The summed E-state index contributed by atoms with van der Waals surface area (Å²) >= 11 is 0. The van der Waals surface area contributed by atoms with Gasteiger partial charge in [0.1, 0.15) is 0 Å². The molecule has 0 radical (unpaired) electrons. The van der Waals surface area contributed by atoms with Crippen LogP contribution in [0.25, 0.3) is 0 Å². The van der Waals surface area contributed by atoms with E-state index in [0.717, 1.165) is 12.8 Å². The number of rotatable bonds is 6. The van der Waals surface area contributed by atoms with Gasteiger partial charge in [0.05, 0.1) is 7.82 Å². The molecule has 0 amide bonds. The maximum absolute atomic E-state index is 10.0. The fraction of sp³-hybridized carbons (Fsp3) is 1.00. The van der Waals surface area contributed by atoms with Gasteiger partial charge in [0.15, 0.2) is 6.29 Å². The first-order valence-electron chi connectivity index (χ1n) is 3.77. The van der Waals surface area contributed by atoms with E-state index in [-0.39, 0.29) is 59.1 Å². The fourth-order valence-electron chi connectivity index (χ4n) is 0.606. The van der Waals surface area contributed by atoms with Gasteiger partial charge in [-0.3, -0.25) is 0 Å². The van der Waals surface area contributed by atoms with Crippen molar-refractivity contribution in [3.05, 3.63) is 0 Å². The SMILES string of the molecule is CCCCOC(C)OP(=O)([O-])[O-].[Na+].[Na+]. The van der Waals surface area contributed by atoms with Crippen LogP contribution in [0.15, 0.2) is 0 Å². The summed E-state index contributed by atoms with van der Waals surface area (Å²) in [5.74, 6) is 0. The minimum absolute atomic E-state index is 0. The number of unbranched alkanes of at least 4 members (excludes halogenated alkanes) is 1. The van der Waals surface area contributed by atoms with Crippen LogP contribution in [0, 0.1) is 0 Å². The van der Waals surface area contributed by atoms with Crippen molar-refractivity contribution in [1.82, 2.24) is 0 Å². The van der Waals surface area contributed by atoms with Crippen molar-refractivity contribution in [3.63, 3.8) is 0 Å². The topological polar surface area (TPSA) is 81.7 Å². The van der Waals surface area contributed by atoms with Crippen LogP contribution >= 0.6 is 7.82 Å². The van der Waals surface area contributed by atoms with E-state index in [0.29, 0.717) is 6.61 Å². The second kappa shape index (κ2) is 11.6. The molecule has 0 aromatic rings. The Bertz CT molecular complexity index is 162. The van der Waals surface area contributed by atoms with Gasteiger partial charge in [-0.05, 0) is 13.3 Å². The Morgan fingerprint density at radius 3 is 2.21 bits per heavy atom. The predicted molar refractivity (Wildman–Crippen MR) is 39.0 cm³/mol. The van der Waals surface area contributed by atoms with E-state index in [2.05, 4.69) is 4.52 Å². The molecule has 0 saturated carbocycles. The molecule has 14 heavy (non-hydrogen) atoms. The number of ether oxygens (including phenoxy) is 1. The second-order valence-corrected chi connectivity index (χ2v) is 3.45. The first-order valence-corrected chi connectivity index (χ1v) is 5.24. The third-order valence-electron chi connectivity index (χ3n) is 1.13. The quantitative estimate of drug-likeness (QED) is 0.200. The number of hydrogen-bond acceptors (Lipinski definition) is 5. The summed E-state index contributed by atoms with van der Waals surface area (Å²) in [7, 11) is -4.90. The Morgan fingerprint density at radius 2 is 1.86 bits per heavy atom. The maximum atomic E-state index is 10.0. The third-order valence-corrected chi connectivity index (χ3v) is 1.68. The smallest absolute Gasteiger partial charge is 0.790 e. The molecule has 74 valence electrons. The molecule has 5 nitrogen and oxygen atoms in total. The minimum atomic E-state index is -4.90. The van der Waals surface area contributed by atoms with Gasteiger partial charge in [-0.15, -0.1) is 0 Å². The Hall–Kier alpha value is 2.07. The molecule has 0 aromatic carbocycles. The Morgan fingerprint density at radius 1 is 1.36 bits per heavy atom. The van der Waals surface area contributed by atoms with Gasteiger partial charge in [0.25, 0.3) is 0 Å². The van der Waals surface area contributed by atoms with Gasteiger partial charge in [-0.2, -0.15) is 0 Å². The molecule has 0 fully saturated rings. The molecular formula is C6H13Na2O5P. The monoisotopic (exact) mass is 242 g/mol. The standard InChI is InChI=1S/C6H15O5P.2Na/c1-3-4-5-10-6(2)11-12(7,8)9;;/h6H,3-5H2,1-2H3,(H2,7,8,9);;/q;2*+1/p-2. The maximum Gasteiger partial charge on any atom is 1.00 e. The molecule has 0 aliphatic rings. The largest absolute Gasteiger partial charge is 1.00 e. The molecule has 0 saturated heterocycles. The molecule has 8 heteroatoms. The molecule has 0 aliphatic carbocycles. The third kappa shape index (κ3) is 16.5. The zero-order valence-electron chi connectivity index (χ0n) is 9.19. The van der Waals surface area contributed by atoms with Crippen molar-refractivity contribution in [2.45, 2.75) is 33.0 Å². The summed E-state index contributed by atoms with van der Waals surface area (Å²) in [5.41, 5.74) is 0. The van der Waals surface area contributed by atoms with Crippen LogP contribution in [0.2, 0.25) is 0 Å². The minimum Gasteiger partial charge on any atom is -0.790 e.